The van der Waals surface area contributed by atoms with Gasteiger partial charge in [0.1, 0.15) is 11.7 Å². The fourth-order valence-electron chi connectivity index (χ4n) is 4.25. The number of amides is 1. The Labute approximate surface area is 171 Å². The molecule has 0 saturated heterocycles. The molecule has 1 aliphatic heterocycles. The molecular formula is C22H20FNO4S. The van der Waals surface area contributed by atoms with E-state index in [1.165, 1.54) is 17.4 Å². The van der Waals surface area contributed by atoms with Crippen molar-refractivity contribution in [2.75, 3.05) is 6.61 Å². The maximum atomic E-state index is 14.5. The van der Waals surface area contributed by atoms with Crippen molar-refractivity contribution in [2.45, 2.75) is 31.6 Å². The number of carbonyl (C=O) groups excluding carboxylic acids is 3. The van der Waals surface area contributed by atoms with E-state index in [1.807, 2.05) is 17.5 Å². The summed E-state index contributed by atoms with van der Waals surface area (Å²) in [6, 6.07) is 9.87. The summed E-state index contributed by atoms with van der Waals surface area (Å²) in [5, 5.41) is 4.68. The lowest BCUT2D eigenvalue weighted by atomic mass is 9.69. The van der Waals surface area contributed by atoms with Gasteiger partial charge in [-0.15, -0.1) is 11.3 Å². The number of ketones is 1. The van der Waals surface area contributed by atoms with Gasteiger partial charge in [0.25, 0.3) is 0 Å². The second-order valence-electron chi connectivity index (χ2n) is 7.14. The molecule has 2 aliphatic rings. The zero-order valence-corrected chi connectivity index (χ0v) is 16.6. The fraction of sp³-hybridized carbons (Fsp3) is 0.318. The van der Waals surface area contributed by atoms with Crippen LogP contribution >= 0.6 is 11.3 Å². The summed E-state index contributed by atoms with van der Waals surface area (Å²) in [4.78, 5) is 39.5. The number of hydrogen-bond acceptors (Lipinski definition) is 5. The first kappa shape index (κ1) is 19.5. The van der Waals surface area contributed by atoms with Gasteiger partial charge in [0, 0.05) is 34.4 Å². The molecule has 0 saturated carbocycles. The third-order valence-corrected chi connectivity index (χ3v) is 6.46. The summed E-state index contributed by atoms with van der Waals surface area (Å²) in [5.41, 5.74) is 1.10. The molecule has 0 radical (unpaired) electrons. The third-order valence-electron chi connectivity index (χ3n) is 5.46. The van der Waals surface area contributed by atoms with Crippen molar-refractivity contribution in [3.05, 3.63) is 69.3 Å². The number of hydrogen-bond donors (Lipinski definition) is 1. The van der Waals surface area contributed by atoms with Crippen LogP contribution in [0.2, 0.25) is 0 Å². The molecule has 2 aromatic rings. The molecule has 0 unspecified atom stereocenters. The molecule has 0 spiro atoms. The molecule has 1 aromatic heterocycles. The molecule has 1 N–H and O–H groups in total. The number of benzene rings is 1. The number of carbonyl (C=O) groups is 3. The van der Waals surface area contributed by atoms with Gasteiger partial charge in [-0.3, -0.25) is 14.4 Å². The summed E-state index contributed by atoms with van der Waals surface area (Å²) in [6.07, 6.45) is 0.284. The highest BCUT2D eigenvalue weighted by atomic mass is 32.1. The van der Waals surface area contributed by atoms with Crippen molar-refractivity contribution < 1.29 is 23.5 Å². The Morgan fingerprint density at radius 2 is 2.00 bits per heavy atom. The molecular weight excluding hydrogens is 393 g/mol. The molecule has 0 fully saturated rings. The molecule has 7 heteroatoms. The monoisotopic (exact) mass is 413 g/mol. The minimum absolute atomic E-state index is 0.0370. The summed E-state index contributed by atoms with van der Waals surface area (Å²) >= 11 is 1.46. The number of allylic oxidation sites excluding steroid dienone is 2. The number of halogens is 1. The van der Waals surface area contributed by atoms with Crippen molar-refractivity contribution in [3.8, 4) is 0 Å². The van der Waals surface area contributed by atoms with Crippen molar-refractivity contribution in [2.24, 2.45) is 5.92 Å². The molecule has 3 atom stereocenters. The van der Waals surface area contributed by atoms with E-state index >= 15 is 0 Å². The summed E-state index contributed by atoms with van der Waals surface area (Å²) in [5.74, 6) is -3.84. The average molecular weight is 413 g/mol. The van der Waals surface area contributed by atoms with Gasteiger partial charge in [0.2, 0.25) is 5.91 Å². The zero-order valence-electron chi connectivity index (χ0n) is 15.8. The second-order valence-corrected chi connectivity index (χ2v) is 8.12. The van der Waals surface area contributed by atoms with Crippen molar-refractivity contribution in [1.29, 1.82) is 0 Å². The van der Waals surface area contributed by atoms with Gasteiger partial charge < -0.3 is 10.1 Å². The van der Waals surface area contributed by atoms with E-state index in [0.717, 1.165) is 4.88 Å². The van der Waals surface area contributed by atoms with E-state index < -0.39 is 35.3 Å². The topological polar surface area (TPSA) is 72.5 Å². The summed E-state index contributed by atoms with van der Waals surface area (Å²) < 4.78 is 19.7. The minimum atomic E-state index is -1.00. The quantitative estimate of drug-likeness (QED) is 0.613. The summed E-state index contributed by atoms with van der Waals surface area (Å²) in [7, 11) is 0. The first-order valence-corrected chi connectivity index (χ1v) is 10.4. The van der Waals surface area contributed by atoms with E-state index in [0.29, 0.717) is 23.3 Å². The smallest absolute Gasteiger partial charge is 0.317 e. The van der Waals surface area contributed by atoms with Gasteiger partial charge >= 0.3 is 5.97 Å². The van der Waals surface area contributed by atoms with E-state index in [4.69, 9.17) is 4.74 Å². The predicted octanol–water partition coefficient (Wildman–Crippen LogP) is 3.68. The van der Waals surface area contributed by atoms with Crippen molar-refractivity contribution >= 4 is 29.0 Å². The van der Waals surface area contributed by atoms with Crippen LogP contribution < -0.4 is 5.32 Å². The predicted molar refractivity (Wildman–Crippen MR) is 106 cm³/mol. The van der Waals surface area contributed by atoms with Crippen LogP contribution in [0.15, 0.2) is 53.0 Å². The normalized spacial score (nSPS) is 24.1. The van der Waals surface area contributed by atoms with Crippen molar-refractivity contribution in [1.82, 2.24) is 5.32 Å². The van der Waals surface area contributed by atoms with E-state index in [1.54, 1.807) is 25.1 Å². The SMILES string of the molecule is CCOC(=O)[C@H]1C(=O)C2=C(C[C@H]1c1cccs1)NC(=O)C[C@H]2c1ccccc1F. The van der Waals surface area contributed by atoms with Gasteiger partial charge in [-0.2, -0.15) is 0 Å². The number of esters is 1. The van der Waals surface area contributed by atoms with E-state index in [2.05, 4.69) is 5.32 Å². The average Bonchev–Trinajstić information content (AvgIpc) is 3.22. The second kappa shape index (κ2) is 7.91. The van der Waals surface area contributed by atoms with Gasteiger partial charge in [0.15, 0.2) is 5.78 Å². The van der Waals surface area contributed by atoms with Gasteiger partial charge in [0.05, 0.1) is 6.61 Å². The van der Waals surface area contributed by atoms with Gasteiger partial charge in [-0.05, 0) is 36.4 Å². The number of thiophene rings is 1. The number of ether oxygens (including phenoxy) is 1. The Hall–Kier alpha value is -2.80. The highest BCUT2D eigenvalue weighted by Gasteiger charge is 2.48. The first-order chi connectivity index (χ1) is 14.0. The number of nitrogens with one attached hydrogen (secondary N) is 1. The Morgan fingerprint density at radius 3 is 2.69 bits per heavy atom. The van der Waals surface area contributed by atoms with Crippen LogP contribution in [0.25, 0.3) is 0 Å². The Balaban J connectivity index is 1.83. The molecule has 1 aromatic carbocycles. The maximum Gasteiger partial charge on any atom is 0.317 e. The highest BCUT2D eigenvalue weighted by Crippen LogP contribution is 2.46. The number of rotatable bonds is 4. The van der Waals surface area contributed by atoms with Crippen LogP contribution in [-0.2, 0) is 19.1 Å². The molecule has 2 heterocycles. The molecule has 1 amide bonds. The molecule has 150 valence electrons. The lowest BCUT2D eigenvalue weighted by Gasteiger charge is -2.37. The van der Waals surface area contributed by atoms with Crippen LogP contribution in [0.4, 0.5) is 4.39 Å². The number of Topliss-reactive ketones (excluding diaryl/α,β-unsaturated/α-hetero) is 1. The van der Waals surface area contributed by atoms with Crippen LogP contribution in [0, 0.1) is 11.7 Å². The highest BCUT2D eigenvalue weighted by molar-refractivity contribution is 7.10. The van der Waals surface area contributed by atoms with Crippen LogP contribution in [0.3, 0.4) is 0 Å². The largest absolute Gasteiger partial charge is 0.465 e. The van der Waals surface area contributed by atoms with Gasteiger partial charge in [-0.25, -0.2) is 4.39 Å². The Kier molecular flexibility index (Phi) is 5.32. The fourth-order valence-corrected chi connectivity index (χ4v) is 5.11. The van der Waals surface area contributed by atoms with Crippen molar-refractivity contribution in [3.63, 3.8) is 0 Å². The molecule has 0 bridgehead atoms. The molecule has 5 nitrogen and oxygen atoms in total. The standard InChI is InChI=1S/C22H20FNO4S/c1-2-28-22(27)20-14(17-8-5-9-29-17)10-16-19(21(20)26)13(11-18(25)24-16)12-6-3-4-7-15(12)23/h3-9,13-14,20H,2,10-11H2,1H3,(H,24,25)/t13-,14-,20+/m0/s1. The minimum Gasteiger partial charge on any atom is -0.465 e. The van der Waals surface area contributed by atoms with E-state index in [9.17, 15) is 18.8 Å². The lowest BCUT2D eigenvalue weighted by molar-refractivity contribution is -0.152. The lowest BCUT2D eigenvalue weighted by Crippen LogP contribution is -2.44. The summed E-state index contributed by atoms with van der Waals surface area (Å²) in [6.45, 7) is 1.86. The van der Waals surface area contributed by atoms with Crippen LogP contribution in [-0.4, -0.2) is 24.3 Å². The molecule has 29 heavy (non-hydrogen) atoms. The molecule has 4 rings (SSSR count). The maximum absolute atomic E-state index is 14.5. The van der Waals surface area contributed by atoms with E-state index in [-0.39, 0.29) is 18.9 Å². The third kappa shape index (κ3) is 3.51. The van der Waals surface area contributed by atoms with Crippen LogP contribution in [0.1, 0.15) is 42.0 Å². The molecule has 1 aliphatic carbocycles. The van der Waals surface area contributed by atoms with Crippen LogP contribution in [0.5, 0.6) is 0 Å². The first-order valence-electron chi connectivity index (χ1n) is 9.52. The zero-order chi connectivity index (χ0) is 20.5. The van der Waals surface area contributed by atoms with Gasteiger partial charge in [-0.1, -0.05) is 24.3 Å². The Bertz CT molecular complexity index is 998. The Morgan fingerprint density at radius 1 is 1.21 bits per heavy atom.